The Hall–Kier alpha value is -1.29. The Morgan fingerprint density at radius 2 is 2.05 bits per heavy atom. The molecule has 3 aromatic rings. The molecule has 0 bridgehead atoms. The van der Waals surface area contributed by atoms with Gasteiger partial charge < -0.3 is 5.32 Å². The second-order valence-corrected chi connectivity index (χ2v) is 6.32. The molecule has 0 radical (unpaired) electrons. The highest BCUT2D eigenvalue weighted by Gasteiger charge is 2.12. The van der Waals surface area contributed by atoms with Crippen molar-refractivity contribution in [1.29, 1.82) is 0 Å². The van der Waals surface area contributed by atoms with Crippen molar-refractivity contribution in [3.05, 3.63) is 57.5 Å². The number of nitrogens with one attached hydrogen (secondary N) is 1. The van der Waals surface area contributed by atoms with E-state index < -0.39 is 0 Å². The van der Waals surface area contributed by atoms with E-state index in [4.69, 9.17) is 23.2 Å². The third kappa shape index (κ3) is 2.62. The number of aromatic nitrogens is 1. The van der Waals surface area contributed by atoms with Crippen molar-refractivity contribution in [2.75, 3.05) is 5.32 Å². The van der Waals surface area contributed by atoms with Crippen LogP contribution in [0.5, 0.6) is 0 Å². The molecule has 102 valence electrons. The van der Waals surface area contributed by atoms with Crippen LogP contribution in [-0.4, -0.2) is 4.98 Å². The zero-order chi connectivity index (χ0) is 14.1. The minimum absolute atomic E-state index is 0.0535. The van der Waals surface area contributed by atoms with Gasteiger partial charge in [-0.1, -0.05) is 29.3 Å². The van der Waals surface area contributed by atoms with Crippen LogP contribution in [0.25, 0.3) is 10.1 Å². The second-order valence-electron chi connectivity index (χ2n) is 4.52. The second kappa shape index (κ2) is 5.60. The number of fused-ring (bicyclic) bond motifs is 1. The first-order valence-electron chi connectivity index (χ1n) is 6.19. The molecule has 0 aliphatic heterocycles. The molecule has 0 fully saturated rings. The summed E-state index contributed by atoms with van der Waals surface area (Å²) in [4.78, 5) is 4.42. The Bertz CT molecular complexity index is 754. The highest BCUT2D eigenvalue weighted by Crippen LogP contribution is 2.31. The van der Waals surface area contributed by atoms with Gasteiger partial charge in [-0.25, -0.2) is 4.98 Å². The molecule has 0 spiro atoms. The molecule has 2 aromatic heterocycles. The van der Waals surface area contributed by atoms with E-state index in [1.807, 2.05) is 24.4 Å². The van der Waals surface area contributed by atoms with Crippen molar-refractivity contribution < 1.29 is 0 Å². The summed E-state index contributed by atoms with van der Waals surface area (Å²) < 4.78 is 1.22. The van der Waals surface area contributed by atoms with E-state index in [9.17, 15) is 0 Å². The highest BCUT2D eigenvalue weighted by atomic mass is 35.5. The Kier molecular flexibility index (Phi) is 3.83. The standard InChI is InChI=1S/C15H12Cl2N2S/c1-9(11-3-2-10(16)8-13(11)17)19-15-12-5-7-20-14(12)4-6-18-15/h2-9H,1H3,(H,18,19). The number of pyridine rings is 1. The van der Waals surface area contributed by atoms with Gasteiger partial charge in [0.1, 0.15) is 5.82 Å². The molecule has 0 aliphatic carbocycles. The van der Waals surface area contributed by atoms with Crippen molar-refractivity contribution in [3.63, 3.8) is 0 Å². The van der Waals surface area contributed by atoms with E-state index in [1.165, 1.54) is 4.70 Å². The number of rotatable bonds is 3. The molecule has 0 saturated heterocycles. The van der Waals surface area contributed by atoms with E-state index in [1.54, 1.807) is 17.4 Å². The SMILES string of the molecule is CC(Nc1nccc2sccc12)c1ccc(Cl)cc1Cl. The summed E-state index contributed by atoms with van der Waals surface area (Å²) in [6.45, 7) is 2.06. The summed E-state index contributed by atoms with van der Waals surface area (Å²) in [5, 5.41) is 7.92. The quantitative estimate of drug-likeness (QED) is 0.661. The first-order chi connectivity index (χ1) is 9.65. The van der Waals surface area contributed by atoms with Gasteiger partial charge >= 0.3 is 0 Å². The Morgan fingerprint density at radius 3 is 2.85 bits per heavy atom. The van der Waals surface area contributed by atoms with E-state index >= 15 is 0 Å². The summed E-state index contributed by atoms with van der Waals surface area (Å²) in [7, 11) is 0. The van der Waals surface area contributed by atoms with Crippen molar-refractivity contribution in [2.24, 2.45) is 0 Å². The fraction of sp³-hybridized carbons (Fsp3) is 0.133. The van der Waals surface area contributed by atoms with Crippen LogP contribution in [0, 0.1) is 0 Å². The number of benzene rings is 1. The molecule has 1 aromatic carbocycles. The van der Waals surface area contributed by atoms with Gasteiger partial charge in [-0.3, -0.25) is 0 Å². The van der Waals surface area contributed by atoms with E-state index in [2.05, 4.69) is 28.7 Å². The minimum atomic E-state index is 0.0535. The number of anilines is 1. The molecule has 1 unspecified atom stereocenters. The lowest BCUT2D eigenvalue weighted by atomic mass is 10.1. The third-order valence-corrected chi connectivity index (χ3v) is 4.61. The van der Waals surface area contributed by atoms with Gasteiger partial charge in [-0.15, -0.1) is 11.3 Å². The Labute approximate surface area is 131 Å². The van der Waals surface area contributed by atoms with E-state index in [0.29, 0.717) is 10.0 Å². The smallest absolute Gasteiger partial charge is 0.135 e. The maximum atomic E-state index is 6.24. The normalized spacial score (nSPS) is 12.6. The van der Waals surface area contributed by atoms with E-state index in [0.717, 1.165) is 16.8 Å². The van der Waals surface area contributed by atoms with Gasteiger partial charge in [0.05, 0.1) is 6.04 Å². The molecule has 3 rings (SSSR count). The van der Waals surface area contributed by atoms with E-state index in [-0.39, 0.29) is 6.04 Å². The highest BCUT2D eigenvalue weighted by molar-refractivity contribution is 7.17. The van der Waals surface area contributed by atoms with Crippen molar-refractivity contribution >= 4 is 50.4 Å². The Morgan fingerprint density at radius 1 is 1.20 bits per heavy atom. The number of thiophene rings is 1. The van der Waals surface area contributed by atoms with Gasteiger partial charge in [-0.2, -0.15) is 0 Å². The van der Waals surface area contributed by atoms with Crippen molar-refractivity contribution in [3.8, 4) is 0 Å². The molecule has 5 heteroatoms. The molecule has 1 atom stereocenters. The van der Waals surface area contributed by atoms with Gasteiger partial charge in [-0.05, 0) is 42.1 Å². The first kappa shape index (κ1) is 13.7. The molecule has 20 heavy (non-hydrogen) atoms. The molecular weight excluding hydrogens is 311 g/mol. The average molecular weight is 323 g/mol. The van der Waals surface area contributed by atoms with Crippen LogP contribution in [0.15, 0.2) is 41.9 Å². The molecule has 1 N–H and O–H groups in total. The summed E-state index contributed by atoms with van der Waals surface area (Å²) in [6.07, 6.45) is 1.82. The first-order valence-corrected chi connectivity index (χ1v) is 7.82. The minimum Gasteiger partial charge on any atom is -0.363 e. The molecule has 0 aliphatic rings. The molecule has 2 heterocycles. The van der Waals surface area contributed by atoms with Crippen LogP contribution in [-0.2, 0) is 0 Å². The largest absolute Gasteiger partial charge is 0.363 e. The summed E-state index contributed by atoms with van der Waals surface area (Å²) in [5.41, 5.74) is 1.00. The number of halogens is 2. The van der Waals surface area contributed by atoms with Crippen LogP contribution < -0.4 is 5.32 Å². The lowest BCUT2D eigenvalue weighted by Crippen LogP contribution is -2.08. The zero-order valence-electron chi connectivity index (χ0n) is 10.7. The lowest BCUT2D eigenvalue weighted by Gasteiger charge is -2.17. The number of nitrogens with zero attached hydrogens (tertiary/aromatic N) is 1. The van der Waals surface area contributed by atoms with Crippen LogP contribution in [0.3, 0.4) is 0 Å². The fourth-order valence-corrected chi connectivity index (χ4v) is 3.50. The van der Waals surface area contributed by atoms with Crippen molar-refractivity contribution in [1.82, 2.24) is 4.98 Å². The van der Waals surface area contributed by atoms with Crippen molar-refractivity contribution in [2.45, 2.75) is 13.0 Å². The third-order valence-electron chi connectivity index (χ3n) is 3.16. The summed E-state index contributed by atoms with van der Waals surface area (Å²) >= 11 is 13.9. The van der Waals surface area contributed by atoms with Gasteiger partial charge in [0.25, 0.3) is 0 Å². The van der Waals surface area contributed by atoms with Gasteiger partial charge in [0, 0.05) is 26.3 Å². The maximum Gasteiger partial charge on any atom is 0.135 e. The molecule has 2 nitrogen and oxygen atoms in total. The maximum absolute atomic E-state index is 6.24. The molecule has 0 amide bonds. The molecule has 0 saturated carbocycles. The Balaban J connectivity index is 1.92. The summed E-state index contributed by atoms with van der Waals surface area (Å²) in [6, 6.07) is 9.69. The topological polar surface area (TPSA) is 24.9 Å². The predicted molar refractivity (Wildman–Crippen MR) is 88.1 cm³/mol. The van der Waals surface area contributed by atoms with Crippen LogP contribution in [0.4, 0.5) is 5.82 Å². The predicted octanol–water partition coefficient (Wildman–Crippen LogP) is 5.78. The number of hydrogen-bond acceptors (Lipinski definition) is 3. The van der Waals surface area contributed by atoms with Gasteiger partial charge in [0.2, 0.25) is 0 Å². The summed E-state index contributed by atoms with van der Waals surface area (Å²) in [5.74, 6) is 0.877. The number of hydrogen-bond donors (Lipinski definition) is 1. The molecular formula is C15H12Cl2N2S. The zero-order valence-corrected chi connectivity index (χ0v) is 13.1. The average Bonchev–Trinajstić information content (AvgIpc) is 2.87. The fourth-order valence-electron chi connectivity index (χ4n) is 2.15. The van der Waals surface area contributed by atoms with Crippen LogP contribution in [0.1, 0.15) is 18.5 Å². The van der Waals surface area contributed by atoms with Gasteiger partial charge in [0.15, 0.2) is 0 Å². The lowest BCUT2D eigenvalue weighted by molar-refractivity contribution is 0.878. The van der Waals surface area contributed by atoms with Crippen LogP contribution in [0.2, 0.25) is 10.0 Å². The monoisotopic (exact) mass is 322 g/mol. The van der Waals surface area contributed by atoms with Crippen LogP contribution >= 0.6 is 34.5 Å².